The molecule has 0 spiro atoms. The lowest BCUT2D eigenvalue weighted by Gasteiger charge is -2.41. The zero-order chi connectivity index (χ0) is 34.9. The smallest absolute Gasteiger partial charge is 0.145 e. The summed E-state index contributed by atoms with van der Waals surface area (Å²) in [5.41, 5.74) is 14.6. The summed E-state index contributed by atoms with van der Waals surface area (Å²) in [6.45, 7) is 0. The van der Waals surface area contributed by atoms with E-state index in [4.69, 9.17) is 4.98 Å². The maximum absolute atomic E-state index is 5.34. The second kappa shape index (κ2) is 11.5. The molecule has 3 heteroatoms. The summed E-state index contributed by atoms with van der Waals surface area (Å²) in [7, 11) is 0. The van der Waals surface area contributed by atoms with Crippen LogP contribution in [0.25, 0.3) is 66.7 Å². The number of para-hydroxylation sites is 3. The lowest BCUT2D eigenvalue weighted by molar-refractivity contribution is 0.726. The van der Waals surface area contributed by atoms with E-state index in [1.807, 2.05) is 0 Å². The first kappa shape index (κ1) is 29.7. The van der Waals surface area contributed by atoms with Crippen LogP contribution in [0.15, 0.2) is 200 Å². The molecule has 0 unspecified atom stereocenters. The van der Waals surface area contributed by atoms with Gasteiger partial charge in [-0.15, -0.1) is 0 Å². The molecule has 248 valence electrons. The van der Waals surface area contributed by atoms with Crippen LogP contribution in [0.3, 0.4) is 0 Å². The van der Waals surface area contributed by atoms with Crippen molar-refractivity contribution < 1.29 is 0 Å². The van der Waals surface area contributed by atoms with E-state index in [0.29, 0.717) is 0 Å². The van der Waals surface area contributed by atoms with Crippen LogP contribution >= 0.6 is 0 Å². The van der Waals surface area contributed by atoms with Gasteiger partial charge in [0.1, 0.15) is 5.82 Å². The van der Waals surface area contributed by atoms with Gasteiger partial charge in [-0.3, -0.25) is 4.57 Å². The molecular weight excluding hydrogens is 643 g/mol. The van der Waals surface area contributed by atoms with Gasteiger partial charge in [-0.25, -0.2) is 4.98 Å². The number of hydrogen-bond donors (Lipinski definition) is 0. The third-order valence-electron chi connectivity index (χ3n) is 11.2. The fraction of sp³-hybridized carbons (Fsp3) is 0.0200. The predicted molar refractivity (Wildman–Crippen MR) is 218 cm³/mol. The summed E-state index contributed by atoms with van der Waals surface area (Å²) in [6, 6.07) is 72.7. The summed E-state index contributed by atoms with van der Waals surface area (Å²) in [5.74, 6) is 0.951. The van der Waals surface area contributed by atoms with Gasteiger partial charge in [0.15, 0.2) is 0 Å². The minimum atomic E-state index is -0.592. The van der Waals surface area contributed by atoms with Gasteiger partial charge in [-0.05, 0) is 81.9 Å². The molecule has 53 heavy (non-hydrogen) atoms. The van der Waals surface area contributed by atoms with Crippen LogP contribution in [0.4, 0.5) is 0 Å². The summed E-state index contributed by atoms with van der Waals surface area (Å²) in [5, 5.41) is 2.49. The molecule has 8 aromatic carbocycles. The van der Waals surface area contributed by atoms with Crippen molar-refractivity contribution in [3.63, 3.8) is 0 Å². The Morgan fingerprint density at radius 3 is 1.74 bits per heavy atom. The third kappa shape index (κ3) is 4.25. The first-order valence-corrected chi connectivity index (χ1v) is 18.2. The number of nitrogens with zero attached hydrogens (tertiary/aromatic N) is 3. The third-order valence-corrected chi connectivity index (χ3v) is 11.2. The topological polar surface area (TPSA) is 22.8 Å². The summed E-state index contributed by atoms with van der Waals surface area (Å²) < 4.78 is 4.78. The first-order chi connectivity index (χ1) is 26.3. The van der Waals surface area contributed by atoms with Crippen LogP contribution in [0.5, 0.6) is 0 Å². The Labute approximate surface area is 307 Å². The van der Waals surface area contributed by atoms with Gasteiger partial charge in [0.25, 0.3) is 0 Å². The second-order valence-corrected chi connectivity index (χ2v) is 13.9. The van der Waals surface area contributed by atoms with Crippen molar-refractivity contribution in [1.82, 2.24) is 14.1 Å². The van der Waals surface area contributed by atoms with Crippen molar-refractivity contribution in [3.05, 3.63) is 222 Å². The molecule has 0 N–H and O–H groups in total. The SMILES string of the molecule is c1ccc(-c2nc3cccc4c3n2-c2ccc(-c3ccc5c(c3)c3ccccc3n5-c3ccccc3)cc2C4(c2ccccc2)c2ccccc2)cc1. The molecule has 11 rings (SSSR count). The summed E-state index contributed by atoms with van der Waals surface area (Å²) in [6.07, 6.45) is 0. The molecular formula is C50H33N3. The van der Waals surface area contributed by atoms with Crippen molar-refractivity contribution in [2.24, 2.45) is 0 Å². The number of aromatic nitrogens is 3. The Balaban J connectivity index is 1.23. The van der Waals surface area contributed by atoms with Crippen LogP contribution in [0.2, 0.25) is 0 Å². The Morgan fingerprint density at radius 2 is 1.00 bits per heavy atom. The van der Waals surface area contributed by atoms with E-state index in [9.17, 15) is 0 Å². The molecule has 0 atom stereocenters. The van der Waals surface area contributed by atoms with Crippen LogP contribution in [0, 0.1) is 0 Å². The Bertz CT molecular complexity index is 2940. The Hall–Kier alpha value is -6.97. The van der Waals surface area contributed by atoms with Crippen molar-refractivity contribution >= 4 is 32.8 Å². The first-order valence-electron chi connectivity index (χ1n) is 18.2. The van der Waals surface area contributed by atoms with Gasteiger partial charge < -0.3 is 4.57 Å². The molecule has 0 fully saturated rings. The average molecular weight is 676 g/mol. The average Bonchev–Trinajstić information content (AvgIpc) is 3.79. The normalized spacial score (nSPS) is 13.1. The maximum Gasteiger partial charge on any atom is 0.145 e. The molecule has 1 aliphatic heterocycles. The largest absolute Gasteiger partial charge is 0.309 e. The van der Waals surface area contributed by atoms with E-state index in [1.54, 1.807) is 0 Å². The number of hydrogen-bond acceptors (Lipinski definition) is 1. The highest BCUT2D eigenvalue weighted by Gasteiger charge is 2.45. The number of rotatable bonds is 5. The molecule has 0 aliphatic carbocycles. The van der Waals surface area contributed by atoms with E-state index in [2.05, 4.69) is 209 Å². The molecule has 0 saturated heterocycles. The van der Waals surface area contributed by atoms with E-state index >= 15 is 0 Å². The van der Waals surface area contributed by atoms with E-state index in [-0.39, 0.29) is 0 Å². The van der Waals surface area contributed by atoms with Gasteiger partial charge in [0.2, 0.25) is 0 Å². The molecule has 3 heterocycles. The standard InChI is InChI=1S/C50H33N3/c1-5-16-34(17-6-1)49-51-44-26-15-25-42-48(44)53(49)47-31-29-36(33-43(47)50(42,37-18-7-2-8-19-37)38-20-9-3-10-21-38)35-28-30-46-41(32-35)40-24-13-14-27-45(40)52(46)39-22-11-4-12-23-39/h1-33H. The van der Waals surface area contributed by atoms with Gasteiger partial charge in [0.05, 0.1) is 33.2 Å². The highest BCUT2D eigenvalue weighted by Crippen LogP contribution is 2.54. The number of fused-ring (bicyclic) bond motifs is 5. The van der Waals surface area contributed by atoms with Crippen molar-refractivity contribution in [1.29, 1.82) is 0 Å². The van der Waals surface area contributed by atoms with Crippen molar-refractivity contribution in [2.45, 2.75) is 5.41 Å². The fourth-order valence-electron chi connectivity index (χ4n) is 8.97. The predicted octanol–water partition coefficient (Wildman–Crippen LogP) is 12.2. The van der Waals surface area contributed by atoms with Crippen molar-refractivity contribution in [3.8, 4) is 33.9 Å². The lowest BCUT2D eigenvalue weighted by Crippen LogP contribution is -2.35. The van der Waals surface area contributed by atoms with E-state index < -0.39 is 5.41 Å². The molecule has 3 nitrogen and oxygen atoms in total. The van der Waals surface area contributed by atoms with Crippen LogP contribution in [-0.2, 0) is 5.41 Å². The molecule has 0 radical (unpaired) electrons. The van der Waals surface area contributed by atoms with Gasteiger partial charge in [-0.2, -0.15) is 0 Å². The molecule has 2 aromatic heterocycles. The highest BCUT2D eigenvalue weighted by molar-refractivity contribution is 6.10. The van der Waals surface area contributed by atoms with Gasteiger partial charge in [-0.1, -0.05) is 152 Å². The minimum Gasteiger partial charge on any atom is -0.309 e. The van der Waals surface area contributed by atoms with Gasteiger partial charge in [0, 0.05) is 22.0 Å². The molecule has 0 amide bonds. The highest BCUT2D eigenvalue weighted by atomic mass is 15.1. The molecule has 10 aromatic rings. The zero-order valence-electron chi connectivity index (χ0n) is 28.9. The maximum atomic E-state index is 5.34. The van der Waals surface area contributed by atoms with Gasteiger partial charge >= 0.3 is 0 Å². The minimum absolute atomic E-state index is 0.592. The molecule has 0 bridgehead atoms. The van der Waals surface area contributed by atoms with Crippen LogP contribution in [0.1, 0.15) is 22.3 Å². The van der Waals surface area contributed by atoms with E-state index in [0.717, 1.165) is 33.8 Å². The Morgan fingerprint density at radius 1 is 0.396 bits per heavy atom. The van der Waals surface area contributed by atoms with E-state index in [1.165, 1.54) is 55.2 Å². The quantitative estimate of drug-likeness (QED) is 0.178. The zero-order valence-corrected chi connectivity index (χ0v) is 28.9. The Kier molecular flexibility index (Phi) is 6.47. The number of benzene rings is 8. The second-order valence-electron chi connectivity index (χ2n) is 13.9. The molecule has 0 saturated carbocycles. The summed E-state index contributed by atoms with van der Waals surface area (Å²) >= 11 is 0. The monoisotopic (exact) mass is 675 g/mol. The van der Waals surface area contributed by atoms with Crippen LogP contribution in [-0.4, -0.2) is 14.1 Å². The number of imidazole rings is 1. The molecule has 1 aliphatic rings. The summed E-state index contributed by atoms with van der Waals surface area (Å²) in [4.78, 5) is 5.34. The van der Waals surface area contributed by atoms with Crippen LogP contribution < -0.4 is 0 Å². The fourth-order valence-corrected chi connectivity index (χ4v) is 8.97. The lowest BCUT2D eigenvalue weighted by atomic mass is 9.63. The van der Waals surface area contributed by atoms with Crippen molar-refractivity contribution in [2.75, 3.05) is 0 Å².